The number of likely N-dealkylation sites (tertiary alicyclic amines) is 1. The van der Waals surface area contributed by atoms with Gasteiger partial charge in [0, 0.05) is 22.9 Å². The normalized spacial score (nSPS) is 22.4. The highest BCUT2D eigenvalue weighted by molar-refractivity contribution is 9.10. The summed E-state index contributed by atoms with van der Waals surface area (Å²) in [4.78, 5) is 11.3. The average molecular weight is 376 g/mol. The molecule has 23 heavy (non-hydrogen) atoms. The summed E-state index contributed by atoms with van der Waals surface area (Å²) >= 11 is 3.49. The quantitative estimate of drug-likeness (QED) is 0.758. The highest BCUT2D eigenvalue weighted by atomic mass is 79.9. The van der Waals surface area contributed by atoms with E-state index in [1.807, 2.05) is 25.1 Å². The Morgan fingerprint density at radius 3 is 3.04 bits per heavy atom. The molecule has 0 saturated carbocycles. The molecule has 0 radical (unpaired) electrons. The number of hydrogen-bond acceptors (Lipinski definition) is 5. The first-order valence-corrected chi connectivity index (χ1v) is 8.64. The maximum Gasteiger partial charge on any atom is 0.172 e. The number of hydrogen-bond donors (Lipinski definition) is 1. The van der Waals surface area contributed by atoms with Crippen LogP contribution < -0.4 is 0 Å². The fraction of sp³-hybridized carbons (Fsp3) is 0.412. The minimum absolute atomic E-state index is 0.558. The Hall–Kier alpha value is -1.50. The Bertz CT molecular complexity index is 879. The number of benzene rings is 1. The number of rotatable bonds is 3. The Morgan fingerprint density at radius 2 is 2.26 bits per heavy atom. The molecule has 6 heteroatoms. The van der Waals surface area contributed by atoms with Crippen LogP contribution in [-0.4, -0.2) is 38.7 Å². The fourth-order valence-corrected chi connectivity index (χ4v) is 3.57. The van der Waals surface area contributed by atoms with Crippen LogP contribution in [0.2, 0.25) is 0 Å². The molecule has 1 aliphatic rings. The van der Waals surface area contributed by atoms with Crippen molar-refractivity contribution in [2.45, 2.75) is 31.9 Å². The van der Waals surface area contributed by atoms with Gasteiger partial charge in [-0.2, -0.15) is 0 Å². The van der Waals surface area contributed by atoms with Crippen molar-refractivity contribution in [3.8, 4) is 0 Å². The molecule has 5 nitrogen and oxygen atoms in total. The van der Waals surface area contributed by atoms with Crippen molar-refractivity contribution >= 4 is 38.0 Å². The number of fused-ring (bicyclic) bond motifs is 3. The molecule has 0 spiro atoms. The van der Waals surface area contributed by atoms with Gasteiger partial charge in [-0.15, -0.1) is 0 Å². The topological polar surface area (TPSA) is 62.4 Å². The number of halogens is 1. The van der Waals surface area contributed by atoms with Crippen molar-refractivity contribution in [3.05, 3.63) is 34.7 Å². The molecule has 1 saturated heterocycles. The lowest BCUT2D eigenvalue weighted by molar-refractivity contribution is 0.0444. The van der Waals surface area contributed by atoms with Crippen LogP contribution in [0.1, 0.15) is 25.6 Å². The standard InChI is InChI=1S/C17H18BrN3O2/c1-2-17(22)5-6-21(10-17)9-15-19-8-14-16(20-15)12-7-11(18)3-4-13(12)23-14/h3-4,7-8,22H,2,5-6,9-10H2,1H3. The summed E-state index contributed by atoms with van der Waals surface area (Å²) in [6.45, 7) is 4.24. The smallest absolute Gasteiger partial charge is 0.172 e. The molecule has 120 valence electrons. The number of furan rings is 1. The van der Waals surface area contributed by atoms with Crippen LogP contribution >= 0.6 is 15.9 Å². The van der Waals surface area contributed by atoms with E-state index in [0.29, 0.717) is 18.7 Å². The monoisotopic (exact) mass is 375 g/mol. The third-order valence-electron chi connectivity index (χ3n) is 4.66. The summed E-state index contributed by atoms with van der Waals surface area (Å²) in [5, 5.41) is 11.3. The Labute approximate surface area is 142 Å². The van der Waals surface area contributed by atoms with Gasteiger partial charge in [-0.3, -0.25) is 4.90 Å². The predicted molar refractivity (Wildman–Crippen MR) is 92.1 cm³/mol. The molecular formula is C17H18BrN3O2. The molecule has 4 rings (SSSR count). The van der Waals surface area contributed by atoms with Crippen molar-refractivity contribution in [1.29, 1.82) is 0 Å². The highest BCUT2D eigenvalue weighted by Crippen LogP contribution is 2.30. The van der Waals surface area contributed by atoms with Gasteiger partial charge in [0.1, 0.15) is 16.9 Å². The molecule has 3 heterocycles. The van der Waals surface area contributed by atoms with E-state index in [1.165, 1.54) is 0 Å². The van der Waals surface area contributed by atoms with Gasteiger partial charge in [-0.1, -0.05) is 22.9 Å². The molecule has 1 N–H and O–H groups in total. The average Bonchev–Trinajstić information content (AvgIpc) is 3.09. The summed E-state index contributed by atoms with van der Waals surface area (Å²) in [5.41, 5.74) is 1.80. The van der Waals surface area contributed by atoms with Crippen molar-refractivity contribution in [2.75, 3.05) is 13.1 Å². The fourth-order valence-electron chi connectivity index (χ4n) is 3.21. The lowest BCUT2D eigenvalue weighted by Crippen LogP contribution is -2.32. The van der Waals surface area contributed by atoms with Crippen molar-refractivity contribution < 1.29 is 9.52 Å². The molecule has 1 aromatic carbocycles. The van der Waals surface area contributed by atoms with E-state index in [4.69, 9.17) is 9.40 Å². The number of aromatic nitrogens is 2. The van der Waals surface area contributed by atoms with Crippen LogP contribution in [0.5, 0.6) is 0 Å². The summed E-state index contributed by atoms with van der Waals surface area (Å²) < 4.78 is 6.78. The van der Waals surface area contributed by atoms with Gasteiger partial charge in [-0.05, 0) is 31.0 Å². The van der Waals surface area contributed by atoms with Gasteiger partial charge >= 0.3 is 0 Å². The molecule has 0 amide bonds. The van der Waals surface area contributed by atoms with Crippen LogP contribution in [0.3, 0.4) is 0 Å². The van der Waals surface area contributed by atoms with Crippen LogP contribution in [0, 0.1) is 0 Å². The second-order valence-corrected chi connectivity index (χ2v) is 7.20. The molecule has 0 aliphatic carbocycles. The zero-order valence-electron chi connectivity index (χ0n) is 12.9. The van der Waals surface area contributed by atoms with E-state index in [9.17, 15) is 5.11 Å². The lowest BCUT2D eigenvalue weighted by atomic mass is 10.0. The zero-order valence-corrected chi connectivity index (χ0v) is 14.5. The number of β-amino-alcohol motifs (C(OH)–C–C–N with tert-alkyl or cyclic N) is 1. The van der Waals surface area contributed by atoms with Crippen molar-refractivity contribution in [3.63, 3.8) is 0 Å². The first-order valence-electron chi connectivity index (χ1n) is 7.85. The third kappa shape index (κ3) is 2.75. The number of aliphatic hydroxyl groups is 1. The maximum absolute atomic E-state index is 10.4. The van der Waals surface area contributed by atoms with Gasteiger partial charge in [0.2, 0.25) is 0 Å². The first-order chi connectivity index (χ1) is 11.1. The molecule has 1 fully saturated rings. The molecule has 1 aliphatic heterocycles. The van der Waals surface area contributed by atoms with Crippen molar-refractivity contribution in [2.24, 2.45) is 0 Å². The SMILES string of the molecule is CCC1(O)CCN(Cc2ncc3oc4ccc(Br)cc4c3n2)C1. The molecule has 1 atom stereocenters. The minimum atomic E-state index is -0.558. The second kappa shape index (κ2) is 5.54. The zero-order chi connectivity index (χ0) is 16.0. The summed E-state index contributed by atoms with van der Waals surface area (Å²) in [7, 11) is 0. The first kappa shape index (κ1) is 15.1. The largest absolute Gasteiger partial charge is 0.453 e. The van der Waals surface area contributed by atoms with Crippen LogP contribution in [0.4, 0.5) is 0 Å². The summed E-state index contributed by atoms with van der Waals surface area (Å²) in [5.74, 6) is 0.764. The van der Waals surface area contributed by atoms with E-state index < -0.39 is 5.60 Å². The van der Waals surface area contributed by atoms with Gasteiger partial charge in [0.15, 0.2) is 5.58 Å². The Kier molecular flexibility index (Phi) is 3.63. The molecular weight excluding hydrogens is 358 g/mol. The number of nitrogens with zero attached hydrogens (tertiary/aromatic N) is 3. The van der Waals surface area contributed by atoms with Gasteiger partial charge < -0.3 is 9.52 Å². The van der Waals surface area contributed by atoms with E-state index in [1.54, 1.807) is 6.20 Å². The lowest BCUT2D eigenvalue weighted by Gasteiger charge is -2.21. The van der Waals surface area contributed by atoms with E-state index in [-0.39, 0.29) is 0 Å². The second-order valence-electron chi connectivity index (χ2n) is 6.28. The van der Waals surface area contributed by atoms with Crippen LogP contribution in [0.25, 0.3) is 22.1 Å². The van der Waals surface area contributed by atoms with E-state index >= 15 is 0 Å². The molecule has 1 unspecified atom stereocenters. The van der Waals surface area contributed by atoms with E-state index in [0.717, 1.165) is 46.2 Å². The maximum atomic E-state index is 10.4. The van der Waals surface area contributed by atoms with Gasteiger partial charge in [0.25, 0.3) is 0 Å². The Balaban J connectivity index is 1.66. The molecule has 3 aromatic rings. The van der Waals surface area contributed by atoms with Crippen LogP contribution in [0.15, 0.2) is 33.3 Å². The third-order valence-corrected chi connectivity index (χ3v) is 5.15. The minimum Gasteiger partial charge on any atom is -0.453 e. The van der Waals surface area contributed by atoms with Crippen molar-refractivity contribution in [1.82, 2.24) is 14.9 Å². The molecule has 0 bridgehead atoms. The summed E-state index contributed by atoms with van der Waals surface area (Å²) in [6, 6.07) is 5.90. The highest BCUT2D eigenvalue weighted by Gasteiger charge is 2.34. The van der Waals surface area contributed by atoms with Gasteiger partial charge in [-0.25, -0.2) is 9.97 Å². The summed E-state index contributed by atoms with van der Waals surface area (Å²) in [6.07, 6.45) is 3.34. The van der Waals surface area contributed by atoms with E-state index in [2.05, 4.69) is 25.8 Å². The van der Waals surface area contributed by atoms with Crippen LogP contribution in [-0.2, 0) is 6.54 Å². The Morgan fingerprint density at radius 1 is 1.39 bits per heavy atom. The predicted octanol–water partition coefficient (Wildman–Crippen LogP) is 3.49. The van der Waals surface area contributed by atoms with Gasteiger partial charge in [0.05, 0.1) is 18.3 Å². The molecule has 2 aromatic heterocycles.